The maximum Gasteiger partial charge on any atom is 0.326 e. The van der Waals surface area contributed by atoms with Crippen molar-refractivity contribution in [3.05, 3.63) is 29.8 Å². The van der Waals surface area contributed by atoms with Gasteiger partial charge in [0.05, 0.1) is 13.5 Å². The van der Waals surface area contributed by atoms with Crippen molar-refractivity contribution >= 4 is 11.9 Å². The molecule has 0 saturated carbocycles. The average Bonchev–Trinajstić information content (AvgIpc) is 2.35. The zero-order valence-corrected chi connectivity index (χ0v) is 10.5. The van der Waals surface area contributed by atoms with Gasteiger partial charge in [-0.3, -0.25) is 4.79 Å². The van der Waals surface area contributed by atoms with Gasteiger partial charge in [0.25, 0.3) is 0 Å². The largest absolute Gasteiger partial charge is 0.497 e. The summed E-state index contributed by atoms with van der Waals surface area (Å²) in [6, 6.07) is 6.29. The molecule has 0 radical (unpaired) electrons. The first-order valence-electron chi connectivity index (χ1n) is 5.72. The first-order valence-corrected chi connectivity index (χ1v) is 5.72. The van der Waals surface area contributed by atoms with E-state index in [1.54, 1.807) is 38.3 Å². The van der Waals surface area contributed by atoms with Crippen LogP contribution in [0.25, 0.3) is 0 Å². The minimum Gasteiger partial charge on any atom is -0.497 e. The molecule has 1 rings (SSSR count). The maximum absolute atomic E-state index is 11.7. The Labute approximate surface area is 106 Å². The van der Waals surface area contributed by atoms with E-state index in [2.05, 4.69) is 5.32 Å². The number of carbonyl (C=O) groups is 2. The summed E-state index contributed by atoms with van der Waals surface area (Å²) in [6.45, 7) is 1.71. The van der Waals surface area contributed by atoms with Crippen molar-refractivity contribution in [3.63, 3.8) is 0 Å². The highest BCUT2D eigenvalue weighted by atomic mass is 16.5. The molecule has 2 N–H and O–H groups in total. The highest BCUT2D eigenvalue weighted by molar-refractivity contribution is 5.84. The monoisotopic (exact) mass is 251 g/mol. The number of rotatable bonds is 6. The van der Waals surface area contributed by atoms with E-state index in [1.807, 2.05) is 0 Å². The van der Waals surface area contributed by atoms with E-state index in [9.17, 15) is 9.59 Å². The van der Waals surface area contributed by atoms with Gasteiger partial charge in [0.2, 0.25) is 5.91 Å². The van der Waals surface area contributed by atoms with Gasteiger partial charge in [-0.2, -0.15) is 0 Å². The van der Waals surface area contributed by atoms with E-state index in [-0.39, 0.29) is 12.3 Å². The molecule has 1 aromatic carbocycles. The molecule has 98 valence electrons. The third-order valence-corrected chi connectivity index (χ3v) is 2.54. The number of hydrogen-bond donors (Lipinski definition) is 2. The van der Waals surface area contributed by atoms with E-state index in [0.29, 0.717) is 12.2 Å². The van der Waals surface area contributed by atoms with E-state index >= 15 is 0 Å². The summed E-state index contributed by atoms with van der Waals surface area (Å²) < 4.78 is 5.05. The quantitative estimate of drug-likeness (QED) is 0.797. The van der Waals surface area contributed by atoms with Crippen LogP contribution in [0.3, 0.4) is 0 Å². The first-order chi connectivity index (χ1) is 8.56. The fraction of sp³-hybridized carbons (Fsp3) is 0.385. The molecule has 0 spiro atoms. The lowest BCUT2D eigenvalue weighted by molar-refractivity contribution is -0.141. The van der Waals surface area contributed by atoms with Crippen molar-refractivity contribution in [1.29, 1.82) is 0 Å². The molecule has 0 fully saturated rings. The molecule has 0 aliphatic carbocycles. The summed E-state index contributed by atoms with van der Waals surface area (Å²) in [5, 5.41) is 11.3. The number of carboxylic acid groups (broad SMARTS) is 1. The molecule has 1 aromatic rings. The van der Waals surface area contributed by atoms with Crippen LogP contribution in [0.5, 0.6) is 5.75 Å². The standard InChI is InChI=1S/C13H17NO4/c1-3-11(13(16)17)14-12(15)8-9-5-4-6-10(7-9)18-2/h4-7,11H,3,8H2,1-2H3,(H,14,15)(H,16,17). The summed E-state index contributed by atoms with van der Waals surface area (Å²) in [5.74, 6) is -0.653. The Kier molecular flexibility index (Phi) is 5.17. The molecule has 5 heteroatoms. The Balaban J connectivity index is 2.61. The minimum absolute atomic E-state index is 0.140. The Morgan fingerprint density at radius 1 is 1.44 bits per heavy atom. The van der Waals surface area contributed by atoms with Crippen molar-refractivity contribution in [2.24, 2.45) is 0 Å². The average molecular weight is 251 g/mol. The van der Waals surface area contributed by atoms with Crippen molar-refractivity contribution < 1.29 is 19.4 Å². The van der Waals surface area contributed by atoms with Gasteiger partial charge in [0, 0.05) is 0 Å². The van der Waals surface area contributed by atoms with Crippen LogP contribution < -0.4 is 10.1 Å². The van der Waals surface area contributed by atoms with E-state index in [0.717, 1.165) is 5.56 Å². The highest BCUT2D eigenvalue weighted by Crippen LogP contribution is 2.12. The number of carbonyl (C=O) groups excluding carboxylic acids is 1. The van der Waals surface area contributed by atoms with E-state index < -0.39 is 12.0 Å². The maximum atomic E-state index is 11.7. The van der Waals surface area contributed by atoms with E-state index in [1.165, 1.54) is 0 Å². The molecule has 1 amide bonds. The van der Waals surface area contributed by atoms with Crippen LogP contribution >= 0.6 is 0 Å². The van der Waals surface area contributed by atoms with Gasteiger partial charge in [0.15, 0.2) is 0 Å². The van der Waals surface area contributed by atoms with Crippen LogP contribution in [-0.2, 0) is 16.0 Å². The predicted octanol–water partition coefficient (Wildman–Crippen LogP) is 1.22. The minimum atomic E-state index is -1.02. The Morgan fingerprint density at radius 3 is 2.72 bits per heavy atom. The van der Waals surface area contributed by atoms with Crippen LogP contribution in [-0.4, -0.2) is 30.1 Å². The molecule has 5 nitrogen and oxygen atoms in total. The number of aliphatic carboxylic acids is 1. The zero-order valence-electron chi connectivity index (χ0n) is 10.5. The van der Waals surface area contributed by atoms with Crippen LogP contribution in [0.1, 0.15) is 18.9 Å². The number of methoxy groups -OCH3 is 1. The van der Waals surface area contributed by atoms with Gasteiger partial charge >= 0.3 is 5.97 Å². The van der Waals surface area contributed by atoms with Gasteiger partial charge in [-0.05, 0) is 24.1 Å². The molecule has 0 bridgehead atoms. The van der Waals surface area contributed by atoms with Gasteiger partial charge in [-0.1, -0.05) is 19.1 Å². The Morgan fingerprint density at radius 2 is 2.17 bits per heavy atom. The van der Waals surface area contributed by atoms with Crippen molar-refractivity contribution in [2.75, 3.05) is 7.11 Å². The van der Waals surface area contributed by atoms with Gasteiger partial charge in [-0.25, -0.2) is 4.79 Å². The van der Waals surface area contributed by atoms with Crippen molar-refractivity contribution in [2.45, 2.75) is 25.8 Å². The lowest BCUT2D eigenvalue weighted by Crippen LogP contribution is -2.40. The number of amides is 1. The van der Waals surface area contributed by atoms with Crippen LogP contribution in [0, 0.1) is 0 Å². The van der Waals surface area contributed by atoms with Crippen molar-refractivity contribution in [1.82, 2.24) is 5.32 Å². The molecular weight excluding hydrogens is 234 g/mol. The Hall–Kier alpha value is -2.04. The number of carboxylic acids is 1. The zero-order chi connectivity index (χ0) is 13.5. The lowest BCUT2D eigenvalue weighted by atomic mass is 10.1. The van der Waals surface area contributed by atoms with Crippen molar-refractivity contribution in [3.8, 4) is 5.75 Å². The molecule has 1 unspecified atom stereocenters. The number of benzene rings is 1. The smallest absolute Gasteiger partial charge is 0.326 e. The topological polar surface area (TPSA) is 75.6 Å². The fourth-order valence-electron chi connectivity index (χ4n) is 1.55. The van der Waals surface area contributed by atoms with Crippen LogP contribution in [0.15, 0.2) is 24.3 Å². The fourth-order valence-corrected chi connectivity index (χ4v) is 1.55. The van der Waals surface area contributed by atoms with Gasteiger partial charge in [0.1, 0.15) is 11.8 Å². The first kappa shape index (κ1) is 14.0. The molecular formula is C13H17NO4. The van der Waals surface area contributed by atoms with Gasteiger partial charge in [-0.15, -0.1) is 0 Å². The highest BCUT2D eigenvalue weighted by Gasteiger charge is 2.17. The third kappa shape index (κ3) is 4.08. The summed E-state index contributed by atoms with van der Waals surface area (Å²) >= 11 is 0. The molecule has 1 atom stereocenters. The molecule has 18 heavy (non-hydrogen) atoms. The number of hydrogen-bond acceptors (Lipinski definition) is 3. The summed E-state index contributed by atoms with van der Waals surface area (Å²) in [6.07, 6.45) is 0.500. The molecule has 0 saturated heterocycles. The second kappa shape index (κ2) is 6.64. The number of ether oxygens (including phenoxy) is 1. The molecule has 0 aliphatic heterocycles. The normalized spacial score (nSPS) is 11.7. The van der Waals surface area contributed by atoms with E-state index in [4.69, 9.17) is 9.84 Å². The third-order valence-electron chi connectivity index (χ3n) is 2.54. The summed E-state index contributed by atoms with van der Waals surface area (Å²) in [4.78, 5) is 22.5. The lowest BCUT2D eigenvalue weighted by Gasteiger charge is -2.12. The number of nitrogens with one attached hydrogen (secondary N) is 1. The summed E-state index contributed by atoms with van der Waals surface area (Å²) in [7, 11) is 1.55. The second-order valence-electron chi connectivity index (χ2n) is 3.89. The molecule has 0 aromatic heterocycles. The predicted molar refractivity (Wildman–Crippen MR) is 66.6 cm³/mol. The molecule has 0 heterocycles. The Bertz CT molecular complexity index is 431. The van der Waals surface area contributed by atoms with Crippen LogP contribution in [0.2, 0.25) is 0 Å². The second-order valence-corrected chi connectivity index (χ2v) is 3.89. The van der Waals surface area contributed by atoms with Gasteiger partial charge < -0.3 is 15.2 Å². The summed E-state index contributed by atoms with van der Waals surface area (Å²) in [5.41, 5.74) is 0.784. The van der Waals surface area contributed by atoms with Crippen LogP contribution in [0.4, 0.5) is 0 Å². The molecule has 0 aliphatic rings. The SMILES string of the molecule is CCC(NC(=O)Cc1cccc(OC)c1)C(=O)O.